The predicted octanol–water partition coefficient (Wildman–Crippen LogP) is 1.07. The van der Waals surface area contributed by atoms with Crippen LogP contribution in [0, 0.1) is 5.92 Å². The molecule has 1 unspecified atom stereocenters. The molecule has 1 amide bonds. The zero-order chi connectivity index (χ0) is 18.0. The molecule has 10 heteroatoms. The van der Waals surface area contributed by atoms with Crippen LogP contribution in [-0.2, 0) is 21.2 Å². The zero-order valence-electron chi connectivity index (χ0n) is 14.2. The van der Waals surface area contributed by atoms with E-state index in [1.54, 1.807) is 11.1 Å². The summed E-state index contributed by atoms with van der Waals surface area (Å²) in [5.74, 6) is 0.812. The van der Waals surface area contributed by atoms with Gasteiger partial charge in [0.1, 0.15) is 12.9 Å². The zero-order valence-corrected chi connectivity index (χ0v) is 15.8. The molecule has 0 radical (unpaired) electrons. The highest BCUT2D eigenvalue weighted by molar-refractivity contribution is 7.91. The standard InChI is InChI=1S/C15H21N5O3S2/c1-11(2)7-20(12-3-6-25(22,23)9-12)13(21)8-19-10-17-14(18-19)15-16-4-5-24-15/h4-5,10-12H,3,6-9H2,1-2H3. The first kappa shape index (κ1) is 18.0. The lowest BCUT2D eigenvalue weighted by atomic mass is 10.1. The lowest BCUT2D eigenvalue weighted by Gasteiger charge is -2.29. The second-order valence-electron chi connectivity index (χ2n) is 6.60. The predicted molar refractivity (Wildman–Crippen MR) is 94.7 cm³/mol. The maximum Gasteiger partial charge on any atom is 0.244 e. The topological polar surface area (TPSA) is 98.1 Å². The second-order valence-corrected chi connectivity index (χ2v) is 9.72. The summed E-state index contributed by atoms with van der Waals surface area (Å²) in [6.07, 6.45) is 3.69. The second kappa shape index (κ2) is 7.20. The van der Waals surface area contributed by atoms with Gasteiger partial charge in [-0.3, -0.25) is 4.79 Å². The average Bonchev–Trinajstić information content (AvgIpc) is 3.24. The van der Waals surface area contributed by atoms with E-state index in [1.165, 1.54) is 22.3 Å². The van der Waals surface area contributed by atoms with Gasteiger partial charge in [-0.05, 0) is 12.3 Å². The van der Waals surface area contributed by atoms with Crippen molar-refractivity contribution in [3.05, 3.63) is 17.9 Å². The van der Waals surface area contributed by atoms with Crippen molar-refractivity contribution < 1.29 is 13.2 Å². The molecule has 0 N–H and O–H groups in total. The van der Waals surface area contributed by atoms with Gasteiger partial charge < -0.3 is 4.90 Å². The maximum absolute atomic E-state index is 12.8. The van der Waals surface area contributed by atoms with Gasteiger partial charge in [0.25, 0.3) is 0 Å². The van der Waals surface area contributed by atoms with Gasteiger partial charge in [0.2, 0.25) is 11.7 Å². The molecule has 2 aromatic rings. The molecule has 2 aromatic heterocycles. The number of sulfone groups is 1. The van der Waals surface area contributed by atoms with Gasteiger partial charge in [-0.1, -0.05) is 13.8 Å². The first-order valence-electron chi connectivity index (χ1n) is 8.13. The van der Waals surface area contributed by atoms with Crippen LogP contribution in [-0.4, -0.2) is 63.1 Å². The number of nitrogens with zero attached hydrogens (tertiary/aromatic N) is 5. The van der Waals surface area contributed by atoms with Gasteiger partial charge in [-0.15, -0.1) is 16.4 Å². The number of rotatable bonds is 6. The van der Waals surface area contributed by atoms with Crippen molar-refractivity contribution in [2.75, 3.05) is 18.1 Å². The summed E-state index contributed by atoms with van der Waals surface area (Å²) in [5, 5.41) is 6.84. The molecule has 8 nitrogen and oxygen atoms in total. The Morgan fingerprint density at radius 2 is 2.24 bits per heavy atom. The molecule has 136 valence electrons. The minimum Gasteiger partial charge on any atom is -0.337 e. The van der Waals surface area contributed by atoms with Crippen LogP contribution >= 0.6 is 11.3 Å². The molecule has 0 spiro atoms. The Morgan fingerprint density at radius 3 is 2.84 bits per heavy atom. The molecule has 25 heavy (non-hydrogen) atoms. The molecular weight excluding hydrogens is 362 g/mol. The molecule has 1 aliphatic heterocycles. The van der Waals surface area contributed by atoms with Crippen molar-refractivity contribution in [1.29, 1.82) is 0 Å². The van der Waals surface area contributed by atoms with Crippen molar-refractivity contribution in [3.63, 3.8) is 0 Å². The summed E-state index contributed by atoms with van der Waals surface area (Å²) in [6.45, 7) is 4.61. The van der Waals surface area contributed by atoms with Crippen molar-refractivity contribution in [1.82, 2.24) is 24.6 Å². The minimum absolute atomic E-state index is 0.0433. The summed E-state index contributed by atoms with van der Waals surface area (Å²) in [7, 11) is -3.04. The fourth-order valence-corrected chi connectivity index (χ4v) is 5.20. The van der Waals surface area contributed by atoms with Crippen LogP contribution in [0.4, 0.5) is 0 Å². The van der Waals surface area contributed by atoms with E-state index in [0.717, 1.165) is 0 Å². The molecule has 3 heterocycles. The van der Waals surface area contributed by atoms with Gasteiger partial charge in [0.05, 0.1) is 11.5 Å². The minimum atomic E-state index is -3.04. The number of amides is 1. The monoisotopic (exact) mass is 383 g/mol. The normalized spacial score (nSPS) is 19.4. The van der Waals surface area contributed by atoms with Crippen LogP contribution in [0.5, 0.6) is 0 Å². The highest BCUT2D eigenvalue weighted by Crippen LogP contribution is 2.20. The van der Waals surface area contributed by atoms with Gasteiger partial charge in [-0.2, -0.15) is 0 Å². The largest absolute Gasteiger partial charge is 0.337 e. The third kappa shape index (κ3) is 4.43. The van der Waals surface area contributed by atoms with Crippen LogP contribution < -0.4 is 0 Å². The fraction of sp³-hybridized carbons (Fsp3) is 0.600. The summed E-state index contributed by atoms with van der Waals surface area (Å²) in [6, 6.07) is -0.248. The lowest BCUT2D eigenvalue weighted by Crippen LogP contribution is -2.44. The Labute approximate surface area is 150 Å². The van der Waals surface area contributed by atoms with Crippen LogP contribution in [0.2, 0.25) is 0 Å². The maximum atomic E-state index is 12.8. The van der Waals surface area contributed by atoms with Crippen LogP contribution in [0.25, 0.3) is 10.8 Å². The third-order valence-electron chi connectivity index (χ3n) is 3.99. The van der Waals surface area contributed by atoms with Crippen molar-refractivity contribution in [3.8, 4) is 10.8 Å². The summed E-state index contributed by atoms with van der Waals surface area (Å²) < 4.78 is 25.0. The quantitative estimate of drug-likeness (QED) is 0.740. The Hall–Kier alpha value is -1.81. The number of thiazole rings is 1. The Bertz CT molecular complexity index is 829. The van der Waals surface area contributed by atoms with E-state index in [0.29, 0.717) is 23.8 Å². The van der Waals surface area contributed by atoms with E-state index in [4.69, 9.17) is 0 Å². The molecular formula is C15H21N5O3S2. The highest BCUT2D eigenvalue weighted by atomic mass is 32.2. The highest BCUT2D eigenvalue weighted by Gasteiger charge is 2.34. The van der Waals surface area contributed by atoms with Crippen LogP contribution in [0.1, 0.15) is 20.3 Å². The number of carbonyl (C=O) groups is 1. The smallest absolute Gasteiger partial charge is 0.244 e. The molecule has 1 atom stereocenters. The number of hydrogen-bond acceptors (Lipinski definition) is 7. The molecule has 1 saturated heterocycles. The molecule has 0 aromatic carbocycles. The molecule has 1 aliphatic rings. The number of carbonyl (C=O) groups excluding carboxylic acids is 1. The van der Waals surface area contributed by atoms with E-state index in [-0.39, 0.29) is 35.9 Å². The van der Waals surface area contributed by atoms with Crippen molar-refractivity contribution in [2.45, 2.75) is 32.9 Å². The number of hydrogen-bond donors (Lipinski definition) is 0. The first-order valence-corrected chi connectivity index (χ1v) is 10.8. The van der Waals surface area contributed by atoms with E-state index >= 15 is 0 Å². The van der Waals surface area contributed by atoms with Crippen LogP contribution in [0.15, 0.2) is 17.9 Å². The van der Waals surface area contributed by atoms with Gasteiger partial charge in [0.15, 0.2) is 14.8 Å². The molecule has 0 bridgehead atoms. The number of aromatic nitrogens is 4. The first-order chi connectivity index (χ1) is 11.8. The Morgan fingerprint density at radius 1 is 1.44 bits per heavy atom. The van der Waals surface area contributed by atoms with Crippen molar-refractivity contribution in [2.24, 2.45) is 5.92 Å². The summed E-state index contributed by atoms with van der Waals surface area (Å²) >= 11 is 1.43. The SMILES string of the molecule is CC(C)CN(C(=O)Cn1cnc(-c2nccs2)n1)C1CCS(=O)(=O)C1. The van der Waals surface area contributed by atoms with E-state index < -0.39 is 9.84 Å². The van der Waals surface area contributed by atoms with Crippen molar-refractivity contribution >= 4 is 27.1 Å². The van der Waals surface area contributed by atoms with E-state index in [1.807, 2.05) is 19.2 Å². The van der Waals surface area contributed by atoms with Gasteiger partial charge >= 0.3 is 0 Å². The Kier molecular flexibility index (Phi) is 5.19. The van der Waals surface area contributed by atoms with Gasteiger partial charge in [0, 0.05) is 24.2 Å². The summed E-state index contributed by atoms with van der Waals surface area (Å²) in [4.78, 5) is 22.8. The van der Waals surface area contributed by atoms with E-state index in [9.17, 15) is 13.2 Å². The Balaban J connectivity index is 1.72. The molecule has 3 rings (SSSR count). The van der Waals surface area contributed by atoms with Gasteiger partial charge in [-0.25, -0.2) is 23.1 Å². The van der Waals surface area contributed by atoms with Crippen LogP contribution in [0.3, 0.4) is 0 Å². The molecule has 1 fully saturated rings. The molecule has 0 saturated carbocycles. The fourth-order valence-electron chi connectivity index (χ4n) is 2.90. The van der Waals surface area contributed by atoms with E-state index in [2.05, 4.69) is 15.1 Å². The molecule has 0 aliphatic carbocycles. The summed E-state index contributed by atoms with van der Waals surface area (Å²) in [5.41, 5.74) is 0. The lowest BCUT2D eigenvalue weighted by molar-refractivity contribution is -0.134. The third-order valence-corrected chi connectivity index (χ3v) is 6.51. The average molecular weight is 383 g/mol.